The maximum Gasteiger partial charge on any atom is 0.0234 e. The summed E-state index contributed by atoms with van der Waals surface area (Å²) < 4.78 is 0. The quantitative estimate of drug-likeness (QED) is 0.852. The summed E-state index contributed by atoms with van der Waals surface area (Å²) in [5, 5.41) is 0. The number of benzene rings is 1. The van der Waals surface area contributed by atoms with Crippen molar-refractivity contribution >= 4 is 0 Å². The number of nitrogens with zero attached hydrogens (tertiary/aromatic N) is 2. The first-order chi connectivity index (χ1) is 8.78. The van der Waals surface area contributed by atoms with E-state index in [2.05, 4.69) is 41.1 Å². The van der Waals surface area contributed by atoms with Gasteiger partial charge in [0.2, 0.25) is 0 Å². The van der Waals surface area contributed by atoms with Crippen LogP contribution >= 0.6 is 0 Å². The zero-order valence-electron chi connectivity index (χ0n) is 11.4. The molecule has 100 valence electrons. The summed E-state index contributed by atoms with van der Waals surface area (Å²) in [7, 11) is 2.20. The molecule has 1 saturated heterocycles. The predicted molar refractivity (Wildman–Crippen MR) is 76.6 cm³/mol. The smallest absolute Gasteiger partial charge is 0.0234 e. The van der Waals surface area contributed by atoms with Gasteiger partial charge in [0.1, 0.15) is 0 Å². The van der Waals surface area contributed by atoms with Crippen molar-refractivity contribution in [2.75, 3.05) is 39.8 Å². The molecule has 1 aliphatic heterocycles. The summed E-state index contributed by atoms with van der Waals surface area (Å²) in [5.74, 6) is 0. The SMILES string of the molecule is CN1CCN(Cc2ccc(CCCN)cc2)CC1. The van der Waals surface area contributed by atoms with Crippen molar-refractivity contribution in [3.63, 3.8) is 0 Å². The summed E-state index contributed by atoms with van der Waals surface area (Å²) in [4.78, 5) is 4.93. The van der Waals surface area contributed by atoms with Gasteiger partial charge in [-0.1, -0.05) is 24.3 Å². The average Bonchev–Trinajstić information content (AvgIpc) is 2.41. The highest BCUT2D eigenvalue weighted by molar-refractivity contribution is 5.22. The number of hydrogen-bond acceptors (Lipinski definition) is 3. The Kier molecular flexibility index (Phi) is 5.17. The molecule has 1 heterocycles. The van der Waals surface area contributed by atoms with Crippen molar-refractivity contribution in [2.45, 2.75) is 19.4 Å². The third-order valence-corrected chi connectivity index (χ3v) is 3.69. The monoisotopic (exact) mass is 247 g/mol. The minimum Gasteiger partial charge on any atom is -0.330 e. The Balaban J connectivity index is 1.82. The molecular formula is C15H25N3. The first-order valence-electron chi connectivity index (χ1n) is 6.97. The summed E-state index contributed by atoms with van der Waals surface area (Å²) in [5.41, 5.74) is 8.36. The minimum absolute atomic E-state index is 0.781. The van der Waals surface area contributed by atoms with Crippen molar-refractivity contribution < 1.29 is 0 Å². The molecule has 0 bridgehead atoms. The molecule has 0 atom stereocenters. The average molecular weight is 247 g/mol. The van der Waals surface area contributed by atoms with Gasteiger partial charge in [-0.2, -0.15) is 0 Å². The fraction of sp³-hybridized carbons (Fsp3) is 0.600. The van der Waals surface area contributed by atoms with Crippen molar-refractivity contribution in [1.29, 1.82) is 0 Å². The van der Waals surface area contributed by atoms with Gasteiger partial charge < -0.3 is 10.6 Å². The second kappa shape index (κ2) is 6.88. The summed E-state index contributed by atoms with van der Waals surface area (Å²) in [6, 6.07) is 9.04. The third kappa shape index (κ3) is 4.09. The van der Waals surface area contributed by atoms with Crippen molar-refractivity contribution in [1.82, 2.24) is 9.80 Å². The molecule has 2 N–H and O–H groups in total. The molecule has 18 heavy (non-hydrogen) atoms. The summed E-state index contributed by atoms with van der Waals surface area (Å²) >= 11 is 0. The van der Waals surface area contributed by atoms with Crippen LogP contribution in [0.2, 0.25) is 0 Å². The Morgan fingerprint density at radius 3 is 2.22 bits per heavy atom. The van der Waals surface area contributed by atoms with Gasteiger partial charge >= 0.3 is 0 Å². The van der Waals surface area contributed by atoms with E-state index in [0.717, 1.165) is 25.9 Å². The van der Waals surface area contributed by atoms with Crippen LogP contribution < -0.4 is 5.73 Å². The van der Waals surface area contributed by atoms with Gasteiger partial charge in [0.15, 0.2) is 0 Å². The maximum absolute atomic E-state index is 5.53. The van der Waals surface area contributed by atoms with E-state index in [0.29, 0.717) is 0 Å². The van der Waals surface area contributed by atoms with Crippen LogP contribution in [0, 0.1) is 0 Å². The van der Waals surface area contributed by atoms with Crippen LogP contribution in [0.5, 0.6) is 0 Å². The van der Waals surface area contributed by atoms with Gasteiger partial charge in [-0.25, -0.2) is 0 Å². The van der Waals surface area contributed by atoms with E-state index < -0.39 is 0 Å². The molecule has 0 radical (unpaired) electrons. The number of piperazine rings is 1. The molecule has 0 aromatic heterocycles. The lowest BCUT2D eigenvalue weighted by Crippen LogP contribution is -2.43. The standard InChI is InChI=1S/C15H25N3/c1-17-9-11-18(12-10-17)13-15-6-4-14(5-7-15)3-2-8-16/h4-7H,2-3,8-13,16H2,1H3. The Morgan fingerprint density at radius 2 is 1.61 bits per heavy atom. The van der Waals surface area contributed by atoms with Gasteiger partial charge in [-0.3, -0.25) is 4.90 Å². The van der Waals surface area contributed by atoms with Gasteiger partial charge in [0, 0.05) is 32.7 Å². The third-order valence-electron chi connectivity index (χ3n) is 3.69. The lowest BCUT2D eigenvalue weighted by molar-refractivity contribution is 0.148. The number of hydrogen-bond donors (Lipinski definition) is 1. The van der Waals surface area contributed by atoms with E-state index in [9.17, 15) is 0 Å². The Labute approximate surface area is 111 Å². The van der Waals surface area contributed by atoms with Crippen LogP contribution in [0.3, 0.4) is 0 Å². The lowest BCUT2D eigenvalue weighted by atomic mass is 10.1. The predicted octanol–water partition coefficient (Wildman–Crippen LogP) is 1.33. The molecule has 1 fully saturated rings. The van der Waals surface area contributed by atoms with Crippen LogP contribution in [0.1, 0.15) is 17.5 Å². The molecule has 0 amide bonds. The normalized spacial score (nSPS) is 18.1. The second-order valence-corrected chi connectivity index (χ2v) is 5.29. The van der Waals surface area contributed by atoms with Crippen molar-refractivity contribution in [3.05, 3.63) is 35.4 Å². The van der Waals surface area contributed by atoms with Crippen LogP contribution in [-0.4, -0.2) is 49.6 Å². The van der Waals surface area contributed by atoms with E-state index >= 15 is 0 Å². The van der Waals surface area contributed by atoms with Crippen molar-refractivity contribution in [3.8, 4) is 0 Å². The molecule has 0 saturated carbocycles. The first-order valence-corrected chi connectivity index (χ1v) is 6.97. The molecule has 3 nitrogen and oxygen atoms in total. The molecule has 0 spiro atoms. The van der Waals surface area contributed by atoms with E-state index in [4.69, 9.17) is 5.73 Å². The fourth-order valence-corrected chi connectivity index (χ4v) is 2.38. The van der Waals surface area contributed by atoms with E-state index in [-0.39, 0.29) is 0 Å². The highest BCUT2D eigenvalue weighted by atomic mass is 15.2. The number of aryl methyl sites for hydroxylation is 1. The van der Waals surface area contributed by atoms with E-state index in [1.165, 1.54) is 37.3 Å². The molecule has 3 heteroatoms. The van der Waals surface area contributed by atoms with Crippen LogP contribution in [0.25, 0.3) is 0 Å². The fourth-order valence-electron chi connectivity index (χ4n) is 2.38. The van der Waals surface area contributed by atoms with Crippen LogP contribution in [0.4, 0.5) is 0 Å². The van der Waals surface area contributed by atoms with Gasteiger partial charge in [0.05, 0.1) is 0 Å². The van der Waals surface area contributed by atoms with Crippen LogP contribution in [-0.2, 0) is 13.0 Å². The molecule has 2 rings (SSSR count). The van der Waals surface area contributed by atoms with Crippen molar-refractivity contribution in [2.24, 2.45) is 5.73 Å². The van der Waals surface area contributed by atoms with Gasteiger partial charge in [-0.05, 0) is 37.6 Å². The highest BCUT2D eigenvalue weighted by Crippen LogP contribution is 2.10. The minimum atomic E-state index is 0.781. The highest BCUT2D eigenvalue weighted by Gasteiger charge is 2.13. The topological polar surface area (TPSA) is 32.5 Å². The molecule has 1 aromatic rings. The molecular weight excluding hydrogens is 222 g/mol. The molecule has 0 aliphatic carbocycles. The van der Waals surface area contributed by atoms with Gasteiger partial charge in [-0.15, -0.1) is 0 Å². The number of rotatable bonds is 5. The molecule has 1 aliphatic rings. The zero-order valence-corrected chi connectivity index (χ0v) is 11.4. The zero-order chi connectivity index (χ0) is 12.8. The van der Waals surface area contributed by atoms with Crippen LogP contribution in [0.15, 0.2) is 24.3 Å². The summed E-state index contributed by atoms with van der Waals surface area (Å²) in [6.45, 7) is 6.62. The van der Waals surface area contributed by atoms with E-state index in [1.807, 2.05) is 0 Å². The molecule has 1 aromatic carbocycles. The van der Waals surface area contributed by atoms with Gasteiger partial charge in [0.25, 0.3) is 0 Å². The number of nitrogens with two attached hydrogens (primary N) is 1. The maximum atomic E-state index is 5.53. The van der Waals surface area contributed by atoms with E-state index in [1.54, 1.807) is 0 Å². The Bertz CT molecular complexity index is 339. The second-order valence-electron chi connectivity index (χ2n) is 5.29. The first kappa shape index (κ1) is 13.5. The number of likely N-dealkylation sites (N-methyl/N-ethyl adjacent to an activating group) is 1. The Hall–Kier alpha value is -0.900. The molecule has 0 unspecified atom stereocenters. The Morgan fingerprint density at radius 1 is 1.00 bits per heavy atom. The lowest BCUT2D eigenvalue weighted by Gasteiger charge is -2.32. The largest absolute Gasteiger partial charge is 0.330 e. The summed E-state index contributed by atoms with van der Waals surface area (Å²) in [6.07, 6.45) is 2.18.